The van der Waals surface area contributed by atoms with Gasteiger partial charge in [0.15, 0.2) is 0 Å². The molecule has 0 aliphatic rings. The molecule has 0 bridgehead atoms. The summed E-state index contributed by atoms with van der Waals surface area (Å²) in [4.78, 5) is -0.424. The van der Waals surface area contributed by atoms with Crippen LogP contribution in [0.1, 0.15) is 20.3 Å². The normalized spacial score (nSPS) is 12.1. The summed E-state index contributed by atoms with van der Waals surface area (Å²) in [6, 6.07) is 2.16. The molecule has 0 aliphatic heterocycles. The van der Waals surface area contributed by atoms with Gasteiger partial charge in [0.05, 0.1) is 0 Å². The van der Waals surface area contributed by atoms with E-state index in [0.717, 1.165) is 12.1 Å². The van der Waals surface area contributed by atoms with Crippen LogP contribution in [0.3, 0.4) is 0 Å². The van der Waals surface area contributed by atoms with Crippen molar-refractivity contribution in [3.8, 4) is 0 Å². The summed E-state index contributed by atoms with van der Waals surface area (Å²) >= 11 is 3.04. The Morgan fingerprint density at radius 3 is 2.61 bits per heavy atom. The zero-order valence-corrected chi connectivity index (χ0v) is 12.6. The van der Waals surface area contributed by atoms with Crippen molar-refractivity contribution < 1.29 is 12.8 Å². The van der Waals surface area contributed by atoms with Crippen LogP contribution in [0.25, 0.3) is 0 Å². The number of sulfonamides is 1. The average molecular weight is 339 g/mol. The number of halogens is 2. The largest absolute Gasteiger partial charge is 0.398 e. The Balaban J connectivity index is 2.95. The highest BCUT2D eigenvalue weighted by Crippen LogP contribution is 2.25. The van der Waals surface area contributed by atoms with E-state index in [2.05, 4.69) is 20.7 Å². The maximum atomic E-state index is 13.6. The van der Waals surface area contributed by atoms with E-state index >= 15 is 0 Å². The van der Waals surface area contributed by atoms with Crippen LogP contribution in [-0.2, 0) is 10.0 Å². The lowest BCUT2D eigenvalue weighted by Crippen LogP contribution is -2.26. The van der Waals surface area contributed by atoms with Crippen molar-refractivity contribution in [1.82, 2.24) is 4.72 Å². The van der Waals surface area contributed by atoms with Crippen molar-refractivity contribution >= 4 is 31.6 Å². The van der Waals surface area contributed by atoms with E-state index < -0.39 is 20.7 Å². The smallest absolute Gasteiger partial charge is 0.243 e. The molecule has 0 amide bonds. The van der Waals surface area contributed by atoms with Crippen LogP contribution in [-0.4, -0.2) is 15.0 Å². The summed E-state index contributed by atoms with van der Waals surface area (Å²) in [6.07, 6.45) is 0.687. The molecule has 18 heavy (non-hydrogen) atoms. The first kappa shape index (κ1) is 15.4. The fourth-order valence-electron chi connectivity index (χ4n) is 1.31. The van der Waals surface area contributed by atoms with E-state index in [0.29, 0.717) is 16.8 Å². The molecule has 0 atom stereocenters. The fraction of sp³-hybridized carbons (Fsp3) is 0.455. The molecule has 0 aromatic heterocycles. The predicted molar refractivity (Wildman–Crippen MR) is 73.2 cm³/mol. The molecule has 0 saturated heterocycles. The predicted octanol–water partition coefficient (Wildman–Crippen LogP) is 2.49. The lowest BCUT2D eigenvalue weighted by atomic mass is 10.1. The van der Waals surface area contributed by atoms with Crippen LogP contribution in [0.4, 0.5) is 10.1 Å². The Kier molecular flexibility index (Phi) is 5.12. The standard InChI is InChI=1S/C11H16BrFN2O2S/c1-7(2)3-4-15-18(16,17)11-6-10(14)8(12)5-9(11)13/h5-7,15H,3-4,14H2,1-2H3. The van der Waals surface area contributed by atoms with Crippen molar-refractivity contribution in [3.05, 3.63) is 22.4 Å². The fourth-order valence-corrected chi connectivity index (χ4v) is 2.77. The number of benzene rings is 1. The monoisotopic (exact) mass is 338 g/mol. The van der Waals surface area contributed by atoms with Crippen LogP contribution in [0.15, 0.2) is 21.5 Å². The topological polar surface area (TPSA) is 72.2 Å². The van der Waals surface area contributed by atoms with Gasteiger partial charge in [-0.3, -0.25) is 0 Å². The summed E-state index contributed by atoms with van der Waals surface area (Å²) in [7, 11) is -3.85. The highest BCUT2D eigenvalue weighted by molar-refractivity contribution is 9.10. The van der Waals surface area contributed by atoms with Gasteiger partial charge in [-0.2, -0.15) is 0 Å². The van der Waals surface area contributed by atoms with E-state index in [1.807, 2.05) is 13.8 Å². The molecule has 0 fully saturated rings. The second-order valence-corrected chi connectivity index (χ2v) is 6.97. The minimum atomic E-state index is -3.85. The van der Waals surface area contributed by atoms with Gasteiger partial charge in [-0.15, -0.1) is 0 Å². The summed E-state index contributed by atoms with van der Waals surface area (Å²) in [5.74, 6) is -0.458. The molecule has 0 radical (unpaired) electrons. The molecule has 0 saturated carbocycles. The van der Waals surface area contributed by atoms with E-state index in [1.165, 1.54) is 0 Å². The highest BCUT2D eigenvalue weighted by atomic mass is 79.9. The first-order chi connectivity index (χ1) is 8.24. The quantitative estimate of drug-likeness (QED) is 0.810. The summed E-state index contributed by atoms with van der Waals surface area (Å²) < 4.78 is 40.0. The van der Waals surface area contributed by atoms with Crippen molar-refractivity contribution in [3.63, 3.8) is 0 Å². The van der Waals surface area contributed by atoms with Crippen molar-refractivity contribution in [1.29, 1.82) is 0 Å². The van der Waals surface area contributed by atoms with E-state index in [1.54, 1.807) is 0 Å². The summed E-state index contributed by atoms with van der Waals surface area (Å²) in [5, 5.41) is 0. The molecule has 0 spiro atoms. The molecule has 0 unspecified atom stereocenters. The van der Waals surface area contributed by atoms with E-state index in [-0.39, 0.29) is 12.2 Å². The minimum absolute atomic E-state index is 0.181. The van der Waals surface area contributed by atoms with E-state index in [9.17, 15) is 12.8 Å². The summed E-state index contributed by atoms with van der Waals surface area (Å²) in [5.41, 5.74) is 5.74. The molecule has 1 aromatic rings. The van der Waals surface area contributed by atoms with Crippen molar-refractivity contribution in [2.24, 2.45) is 5.92 Å². The Morgan fingerprint density at radius 1 is 1.44 bits per heavy atom. The van der Waals surface area contributed by atoms with Gasteiger partial charge in [-0.05, 0) is 40.4 Å². The van der Waals surface area contributed by atoms with Crippen LogP contribution < -0.4 is 10.5 Å². The second-order valence-electron chi connectivity index (χ2n) is 4.38. The molecule has 4 nitrogen and oxygen atoms in total. The number of nitrogens with one attached hydrogen (secondary N) is 1. The zero-order valence-electron chi connectivity index (χ0n) is 10.2. The van der Waals surface area contributed by atoms with Crippen LogP contribution >= 0.6 is 15.9 Å². The Bertz CT molecular complexity index is 532. The van der Waals surface area contributed by atoms with Gasteiger partial charge in [-0.1, -0.05) is 13.8 Å². The number of hydrogen-bond acceptors (Lipinski definition) is 3. The molecular formula is C11H16BrFN2O2S. The van der Waals surface area contributed by atoms with Crippen LogP contribution in [0, 0.1) is 11.7 Å². The third-order valence-corrected chi connectivity index (χ3v) is 4.52. The lowest BCUT2D eigenvalue weighted by molar-refractivity contribution is 0.540. The Morgan fingerprint density at radius 2 is 2.06 bits per heavy atom. The third-order valence-electron chi connectivity index (χ3n) is 2.35. The lowest BCUT2D eigenvalue weighted by Gasteiger charge is -2.10. The zero-order chi connectivity index (χ0) is 13.9. The number of nitrogen functional groups attached to an aromatic ring is 1. The van der Waals surface area contributed by atoms with Crippen molar-refractivity contribution in [2.75, 3.05) is 12.3 Å². The Hall–Kier alpha value is -0.660. The highest BCUT2D eigenvalue weighted by Gasteiger charge is 2.20. The molecule has 0 heterocycles. The third kappa shape index (κ3) is 3.93. The summed E-state index contributed by atoms with van der Waals surface area (Å²) in [6.45, 7) is 4.23. The molecule has 7 heteroatoms. The molecule has 1 rings (SSSR count). The van der Waals surface area contributed by atoms with Crippen LogP contribution in [0.2, 0.25) is 0 Å². The van der Waals surface area contributed by atoms with Gasteiger partial charge in [0.25, 0.3) is 0 Å². The SMILES string of the molecule is CC(C)CCNS(=O)(=O)c1cc(N)c(Br)cc1F. The molecule has 1 aromatic carbocycles. The Labute approximate surface area is 115 Å². The maximum absolute atomic E-state index is 13.6. The maximum Gasteiger partial charge on any atom is 0.243 e. The van der Waals surface area contributed by atoms with Gasteiger partial charge >= 0.3 is 0 Å². The number of nitrogens with two attached hydrogens (primary N) is 1. The first-order valence-corrected chi connectivity index (χ1v) is 7.76. The average Bonchev–Trinajstić information content (AvgIpc) is 2.22. The van der Waals surface area contributed by atoms with E-state index in [4.69, 9.17) is 5.73 Å². The van der Waals surface area contributed by atoms with Crippen molar-refractivity contribution in [2.45, 2.75) is 25.2 Å². The van der Waals surface area contributed by atoms with Gasteiger partial charge in [0.2, 0.25) is 10.0 Å². The van der Waals surface area contributed by atoms with Gasteiger partial charge in [-0.25, -0.2) is 17.5 Å². The van der Waals surface area contributed by atoms with Gasteiger partial charge in [0.1, 0.15) is 10.7 Å². The number of rotatable bonds is 5. The minimum Gasteiger partial charge on any atom is -0.398 e. The van der Waals surface area contributed by atoms with Gasteiger partial charge in [0, 0.05) is 16.7 Å². The molecular weight excluding hydrogens is 323 g/mol. The second kappa shape index (κ2) is 5.99. The molecule has 3 N–H and O–H groups in total. The number of hydrogen-bond donors (Lipinski definition) is 2. The first-order valence-electron chi connectivity index (χ1n) is 5.48. The van der Waals surface area contributed by atoms with Gasteiger partial charge < -0.3 is 5.73 Å². The van der Waals surface area contributed by atoms with Crippen LogP contribution in [0.5, 0.6) is 0 Å². The molecule has 102 valence electrons. The molecule has 0 aliphatic carbocycles. The number of anilines is 1.